The second kappa shape index (κ2) is 11.1. The number of halogens is 2. The largest absolute Gasteiger partial charge is 0.466 e. The van der Waals surface area contributed by atoms with Gasteiger partial charge in [-0.25, -0.2) is 23.8 Å². The first-order valence-corrected chi connectivity index (χ1v) is 13.5. The van der Waals surface area contributed by atoms with Gasteiger partial charge in [0.2, 0.25) is 0 Å². The van der Waals surface area contributed by atoms with Crippen molar-refractivity contribution < 1.29 is 28.6 Å². The number of rotatable bonds is 4. The number of ether oxygens (including phenoxy) is 1. The highest BCUT2D eigenvalue weighted by Crippen LogP contribution is 2.42. The number of aromatic nitrogens is 1. The average molecular weight is 609 g/mol. The molecule has 0 fully saturated rings. The zero-order valence-corrected chi connectivity index (χ0v) is 24.0. The number of carbonyl (C=O) groups excluding carboxylic acids is 2. The quantitative estimate of drug-likeness (QED) is 0.146. The summed E-state index contributed by atoms with van der Waals surface area (Å²) in [7, 11) is 1.03. The maximum absolute atomic E-state index is 15.7. The zero-order chi connectivity index (χ0) is 29.2. The summed E-state index contributed by atoms with van der Waals surface area (Å²) in [6.45, 7) is 4.88. The monoisotopic (exact) mass is 608 g/mol. The van der Waals surface area contributed by atoms with E-state index < -0.39 is 34.0 Å². The van der Waals surface area contributed by atoms with Crippen molar-refractivity contribution in [3.8, 4) is 11.3 Å². The molecular formula is C30H28BrFN3O5+. The number of methoxy groups -OCH3 is 1. The molecule has 1 heterocycles. The van der Waals surface area contributed by atoms with Crippen LogP contribution >= 0.6 is 15.9 Å². The third-order valence-corrected chi connectivity index (χ3v) is 7.24. The number of nitrogens with zero attached hydrogens (tertiary/aromatic N) is 3. The number of amides is 3. The average Bonchev–Trinajstić information content (AvgIpc) is 2.94. The fourth-order valence-electron chi connectivity index (χ4n) is 5.05. The molecule has 4 rings (SSSR count). The summed E-state index contributed by atoms with van der Waals surface area (Å²) >= 11 is 3.47. The van der Waals surface area contributed by atoms with E-state index in [1.165, 1.54) is 12.1 Å². The molecule has 1 N–H and O–H groups in total. The molecule has 1 atom stereocenters. The van der Waals surface area contributed by atoms with Gasteiger partial charge in [0.1, 0.15) is 16.9 Å². The fourth-order valence-corrected chi connectivity index (χ4v) is 5.59. The third kappa shape index (κ3) is 4.63. The molecule has 3 aromatic carbocycles. The van der Waals surface area contributed by atoms with Gasteiger partial charge in [-0.05, 0) is 37.9 Å². The molecule has 40 heavy (non-hydrogen) atoms. The molecule has 0 spiro atoms. The van der Waals surface area contributed by atoms with Gasteiger partial charge in [0.25, 0.3) is 0 Å². The summed E-state index contributed by atoms with van der Waals surface area (Å²) in [5.74, 6) is -1.56. The van der Waals surface area contributed by atoms with Gasteiger partial charge in [0.15, 0.2) is 5.69 Å². The molecule has 1 unspecified atom stereocenters. The standard InChI is InChI=1S/C30H27BrFN3O5/c1-30(2,3)35(20-14-9-6-10-15-20,34(28(37)38)29(39)40-4)27(36)24-21(18-31)26(19-12-7-5-8-13-19)33-23-17-11-16-22(32)25(23)24/h5-17H,18H2,1-4H3/p+1. The van der Waals surface area contributed by atoms with Crippen molar-refractivity contribution in [3.05, 3.63) is 95.8 Å². The summed E-state index contributed by atoms with van der Waals surface area (Å²) in [6.07, 6.45) is -3.00. The minimum atomic E-state index is -1.72. The number of benzene rings is 3. The van der Waals surface area contributed by atoms with E-state index in [2.05, 4.69) is 15.9 Å². The summed E-state index contributed by atoms with van der Waals surface area (Å²) in [4.78, 5) is 46.0. The summed E-state index contributed by atoms with van der Waals surface area (Å²) in [6, 6.07) is 21.4. The van der Waals surface area contributed by atoms with Crippen molar-refractivity contribution in [2.45, 2.75) is 31.6 Å². The summed E-state index contributed by atoms with van der Waals surface area (Å²) in [5, 5.41) is 10.8. The number of imide groups is 1. The highest BCUT2D eigenvalue weighted by molar-refractivity contribution is 9.08. The van der Waals surface area contributed by atoms with Gasteiger partial charge in [-0.2, -0.15) is 0 Å². The van der Waals surface area contributed by atoms with Crippen LogP contribution in [-0.4, -0.2) is 45.8 Å². The van der Waals surface area contributed by atoms with Crippen molar-refractivity contribution >= 4 is 50.6 Å². The number of carboxylic acid groups (broad SMARTS) is 1. The fraction of sp³-hybridized carbons (Fsp3) is 0.200. The first kappa shape index (κ1) is 28.8. The maximum atomic E-state index is 15.7. The SMILES string of the molecule is COC(=O)N(C(=O)O)[N+](C(=O)c1c(CBr)c(-c2ccccc2)nc2cccc(F)c12)(c1ccccc1)C(C)(C)C. The highest BCUT2D eigenvalue weighted by atomic mass is 79.9. The van der Waals surface area contributed by atoms with E-state index in [1.54, 1.807) is 57.2 Å². The van der Waals surface area contributed by atoms with E-state index in [0.29, 0.717) is 21.8 Å². The second-order valence-electron chi connectivity index (χ2n) is 9.96. The summed E-state index contributed by atoms with van der Waals surface area (Å²) < 4.78 is 19.4. The topological polar surface area (TPSA) is 96.8 Å². The Balaban J connectivity index is 2.26. The lowest BCUT2D eigenvalue weighted by atomic mass is 9.93. The van der Waals surface area contributed by atoms with E-state index in [-0.39, 0.29) is 27.5 Å². The van der Waals surface area contributed by atoms with E-state index in [9.17, 15) is 14.7 Å². The third-order valence-electron chi connectivity index (χ3n) is 6.68. The first-order chi connectivity index (χ1) is 19.0. The molecule has 0 saturated carbocycles. The van der Waals surface area contributed by atoms with Crippen LogP contribution in [0, 0.1) is 5.82 Å². The Kier molecular flexibility index (Phi) is 8.04. The molecule has 3 amide bonds. The predicted molar refractivity (Wildman–Crippen MR) is 154 cm³/mol. The molecule has 4 aromatic rings. The smallest absolute Gasteiger partial charge is 0.461 e. The van der Waals surface area contributed by atoms with E-state index in [0.717, 1.165) is 7.11 Å². The van der Waals surface area contributed by atoms with Gasteiger partial charge in [-0.15, -0.1) is 4.59 Å². The number of para-hydroxylation sites is 1. The van der Waals surface area contributed by atoms with E-state index in [4.69, 9.17) is 9.72 Å². The van der Waals surface area contributed by atoms with Crippen molar-refractivity contribution in [2.24, 2.45) is 0 Å². The van der Waals surface area contributed by atoms with Crippen molar-refractivity contribution in [2.75, 3.05) is 7.11 Å². The van der Waals surface area contributed by atoms with Gasteiger partial charge < -0.3 is 9.84 Å². The van der Waals surface area contributed by atoms with Crippen LogP contribution in [0.5, 0.6) is 0 Å². The normalized spacial score (nSPS) is 12.9. The van der Waals surface area contributed by atoms with Crippen LogP contribution in [0.4, 0.5) is 19.7 Å². The van der Waals surface area contributed by atoms with Gasteiger partial charge in [0.05, 0.1) is 23.7 Å². The number of hydrogen-bond donors (Lipinski definition) is 1. The Morgan fingerprint density at radius 3 is 2.10 bits per heavy atom. The van der Waals surface area contributed by atoms with Crippen LogP contribution in [0.2, 0.25) is 0 Å². The Bertz CT molecular complexity index is 1590. The molecule has 10 heteroatoms. The molecule has 8 nitrogen and oxygen atoms in total. The lowest BCUT2D eigenvalue weighted by molar-refractivity contribution is -0.0330. The van der Waals surface area contributed by atoms with Crippen molar-refractivity contribution in [3.63, 3.8) is 0 Å². The molecule has 0 aliphatic rings. The lowest BCUT2D eigenvalue weighted by Gasteiger charge is -2.47. The number of pyridine rings is 1. The van der Waals surface area contributed by atoms with Crippen molar-refractivity contribution in [1.29, 1.82) is 0 Å². The van der Waals surface area contributed by atoms with Crippen LogP contribution in [-0.2, 0) is 10.1 Å². The van der Waals surface area contributed by atoms with Gasteiger partial charge in [-0.1, -0.05) is 70.5 Å². The molecule has 0 saturated heterocycles. The van der Waals surface area contributed by atoms with E-state index in [1.807, 2.05) is 30.3 Å². The molecule has 1 aromatic heterocycles. The molecule has 0 bridgehead atoms. The maximum Gasteiger partial charge on any atom is 0.466 e. The summed E-state index contributed by atoms with van der Waals surface area (Å²) in [5.41, 5.74) is 0.387. The number of carbonyl (C=O) groups is 3. The minimum Gasteiger partial charge on any atom is -0.461 e. The molecule has 0 radical (unpaired) electrons. The molecule has 0 aliphatic carbocycles. The lowest BCUT2D eigenvalue weighted by Crippen LogP contribution is -2.76. The highest BCUT2D eigenvalue weighted by Gasteiger charge is 2.61. The number of fused-ring (bicyclic) bond motifs is 1. The van der Waals surface area contributed by atoms with Gasteiger partial charge >= 0.3 is 18.1 Å². The first-order valence-electron chi connectivity index (χ1n) is 12.3. The second-order valence-corrected chi connectivity index (χ2v) is 10.5. The molecule has 206 valence electrons. The number of quaternary nitrogens is 1. The van der Waals surface area contributed by atoms with Gasteiger partial charge in [-0.3, -0.25) is 0 Å². The van der Waals surface area contributed by atoms with Crippen LogP contribution in [0.25, 0.3) is 22.2 Å². The van der Waals surface area contributed by atoms with E-state index >= 15 is 9.18 Å². The Labute approximate surface area is 239 Å². The zero-order valence-electron chi connectivity index (χ0n) is 22.4. The molecule has 0 aliphatic heterocycles. The Morgan fingerprint density at radius 1 is 0.975 bits per heavy atom. The van der Waals surface area contributed by atoms with Crippen LogP contribution < -0.4 is 4.59 Å². The number of hydrogen-bond acceptors (Lipinski definition) is 5. The van der Waals surface area contributed by atoms with Crippen molar-refractivity contribution in [1.82, 2.24) is 14.6 Å². The Hall–Kier alpha value is -4.15. The van der Waals surface area contributed by atoms with Crippen LogP contribution in [0.15, 0.2) is 78.9 Å². The predicted octanol–water partition coefficient (Wildman–Crippen LogP) is 7.54. The number of alkyl halides is 1. The van der Waals surface area contributed by atoms with Crippen LogP contribution in [0.3, 0.4) is 0 Å². The minimum absolute atomic E-state index is 0.0831. The van der Waals surface area contributed by atoms with Crippen LogP contribution in [0.1, 0.15) is 36.7 Å². The van der Waals surface area contributed by atoms with Gasteiger partial charge in [0, 0.05) is 28.6 Å². The Morgan fingerprint density at radius 2 is 1.57 bits per heavy atom. The molecular weight excluding hydrogens is 581 g/mol.